The molecule has 14 heavy (non-hydrogen) atoms. The fraction of sp³-hybridized carbons (Fsp3) is 1.00. The Morgan fingerprint density at radius 3 is 2.57 bits per heavy atom. The third-order valence-electron chi connectivity index (χ3n) is 2.97. The van der Waals surface area contributed by atoms with E-state index in [0.717, 1.165) is 30.9 Å². The zero-order valence-corrected chi connectivity index (χ0v) is 10.2. The SMILES string of the molecule is COCCCNC1CCC(SC)CC1. The molecule has 3 heteroatoms. The zero-order chi connectivity index (χ0) is 10.2. The van der Waals surface area contributed by atoms with Gasteiger partial charge < -0.3 is 10.1 Å². The van der Waals surface area contributed by atoms with Crippen LogP contribution >= 0.6 is 11.8 Å². The summed E-state index contributed by atoms with van der Waals surface area (Å²) in [6.07, 6.45) is 8.87. The van der Waals surface area contributed by atoms with Crippen LogP contribution in [0.25, 0.3) is 0 Å². The first-order valence-corrected chi connectivity index (χ1v) is 6.90. The Morgan fingerprint density at radius 1 is 1.29 bits per heavy atom. The number of thioether (sulfide) groups is 1. The first-order valence-electron chi connectivity index (χ1n) is 5.62. The second-order valence-corrected chi connectivity index (χ2v) is 5.15. The molecule has 0 heterocycles. The molecule has 1 fully saturated rings. The maximum absolute atomic E-state index is 5.02. The fourth-order valence-electron chi connectivity index (χ4n) is 2.03. The van der Waals surface area contributed by atoms with Gasteiger partial charge in [0.15, 0.2) is 0 Å². The molecular formula is C11H23NOS. The third kappa shape index (κ3) is 4.67. The first kappa shape index (κ1) is 12.3. The largest absolute Gasteiger partial charge is 0.385 e. The highest BCUT2D eigenvalue weighted by Gasteiger charge is 2.19. The van der Waals surface area contributed by atoms with Crippen molar-refractivity contribution in [3.63, 3.8) is 0 Å². The summed E-state index contributed by atoms with van der Waals surface area (Å²) in [5, 5.41) is 4.53. The van der Waals surface area contributed by atoms with Crippen LogP contribution in [0.3, 0.4) is 0 Å². The van der Waals surface area contributed by atoms with E-state index in [1.54, 1.807) is 7.11 Å². The van der Waals surface area contributed by atoms with Crippen LogP contribution < -0.4 is 5.32 Å². The van der Waals surface area contributed by atoms with E-state index in [0.29, 0.717) is 0 Å². The van der Waals surface area contributed by atoms with Crippen molar-refractivity contribution in [1.29, 1.82) is 0 Å². The molecule has 0 aromatic rings. The quantitative estimate of drug-likeness (QED) is 0.690. The van der Waals surface area contributed by atoms with Gasteiger partial charge in [0.25, 0.3) is 0 Å². The molecule has 2 nitrogen and oxygen atoms in total. The fourth-order valence-corrected chi connectivity index (χ4v) is 2.77. The predicted octanol–water partition coefficient (Wildman–Crippen LogP) is 2.29. The topological polar surface area (TPSA) is 21.3 Å². The van der Waals surface area contributed by atoms with E-state index in [1.807, 2.05) is 11.8 Å². The Labute approximate surface area is 92.2 Å². The van der Waals surface area contributed by atoms with E-state index < -0.39 is 0 Å². The molecule has 1 aliphatic rings. The van der Waals surface area contributed by atoms with Crippen LogP contribution in [-0.4, -0.2) is 37.8 Å². The van der Waals surface area contributed by atoms with Gasteiger partial charge in [-0.05, 0) is 44.9 Å². The smallest absolute Gasteiger partial charge is 0.0474 e. The van der Waals surface area contributed by atoms with E-state index in [9.17, 15) is 0 Å². The lowest BCUT2D eigenvalue weighted by molar-refractivity contribution is 0.192. The van der Waals surface area contributed by atoms with Gasteiger partial charge in [0.05, 0.1) is 0 Å². The van der Waals surface area contributed by atoms with Crippen LogP contribution in [-0.2, 0) is 4.74 Å². The third-order valence-corrected chi connectivity index (χ3v) is 4.10. The van der Waals surface area contributed by atoms with Crippen molar-refractivity contribution in [2.75, 3.05) is 26.5 Å². The second-order valence-electron chi connectivity index (χ2n) is 4.01. The Morgan fingerprint density at radius 2 is 2.00 bits per heavy atom. The van der Waals surface area contributed by atoms with Crippen LogP contribution in [0.15, 0.2) is 0 Å². The summed E-state index contributed by atoms with van der Waals surface area (Å²) in [5.41, 5.74) is 0. The standard InChI is InChI=1S/C11H23NOS/c1-13-9-3-8-12-10-4-6-11(14-2)7-5-10/h10-12H,3-9H2,1-2H3. The highest BCUT2D eigenvalue weighted by atomic mass is 32.2. The van der Waals surface area contributed by atoms with Gasteiger partial charge in [-0.1, -0.05) is 0 Å². The summed E-state index contributed by atoms with van der Waals surface area (Å²) < 4.78 is 5.02. The van der Waals surface area contributed by atoms with Crippen molar-refractivity contribution in [3.05, 3.63) is 0 Å². The van der Waals surface area contributed by atoms with E-state index in [-0.39, 0.29) is 0 Å². The average Bonchev–Trinajstić information content (AvgIpc) is 2.25. The van der Waals surface area contributed by atoms with Crippen molar-refractivity contribution >= 4 is 11.8 Å². The lowest BCUT2D eigenvalue weighted by atomic mass is 9.95. The molecule has 0 aromatic heterocycles. The Bertz CT molecular complexity index is 135. The predicted molar refractivity (Wildman–Crippen MR) is 64.1 cm³/mol. The molecule has 0 bridgehead atoms. The maximum atomic E-state index is 5.02. The summed E-state index contributed by atoms with van der Waals surface area (Å²) >= 11 is 2.03. The van der Waals surface area contributed by atoms with Crippen LogP contribution in [0.1, 0.15) is 32.1 Å². The normalized spacial score (nSPS) is 27.9. The molecule has 0 saturated heterocycles. The molecule has 1 saturated carbocycles. The van der Waals surface area contributed by atoms with Gasteiger partial charge in [0.2, 0.25) is 0 Å². The summed E-state index contributed by atoms with van der Waals surface area (Å²) in [5.74, 6) is 0. The van der Waals surface area contributed by atoms with E-state index in [2.05, 4.69) is 11.6 Å². The van der Waals surface area contributed by atoms with Crippen molar-refractivity contribution in [2.24, 2.45) is 0 Å². The minimum absolute atomic E-state index is 0.773. The van der Waals surface area contributed by atoms with E-state index in [4.69, 9.17) is 4.74 Å². The van der Waals surface area contributed by atoms with Crippen LogP contribution in [0.5, 0.6) is 0 Å². The van der Waals surface area contributed by atoms with Crippen molar-refractivity contribution in [3.8, 4) is 0 Å². The molecule has 0 spiro atoms. The van der Waals surface area contributed by atoms with Gasteiger partial charge in [0.1, 0.15) is 0 Å². The molecular weight excluding hydrogens is 194 g/mol. The monoisotopic (exact) mass is 217 g/mol. The first-order chi connectivity index (χ1) is 6.86. The number of nitrogens with one attached hydrogen (secondary N) is 1. The lowest BCUT2D eigenvalue weighted by Crippen LogP contribution is -2.34. The van der Waals surface area contributed by atoms with E-state index in [1.165, 1.54) is 25.7 Å². The molecule has 0 aliphatic heterocycles. The second kappa shape index (κ2) is 7.55. The molecule has 0 radical (unpaired) electrons. The summed E-state index contributed by atoms with van der Waals surface area (Å²) in [6.45, 7) is 2.00. The van der Waals surface area contributed by atoms with Gasteiger partial charge in [-0.3, -0.25) is 0 Å². The minimum Gasteiger partial charge on any atom is -0.385 e. The molecule has 0 unspecified atom stereocenters. The molecule has 1 N–H and O–H groups in total. The van der Waals surface area contributed by atoms with Gasteiger partial charge in [0, 0.05) is 25.0 Å². The molecule has 1 aliphatic carbocycles. The molecule has 0 atom stereocenters. The van der Waals surface area contributed by atoms with Crippen molar-refractivity contribution in [1.82, 2.24) is 5.32 Å². The molecule has 0 aromatic carbocycles. The summed E-state index contributed by atoms with van der Waals surface area (Å²) in [6, 6.07) is 0.773. The van der Waals surface area contributed by atoms with Crippen molar-refractivity contribution < 1.29 is 4.74 Å². The van der Waals surface area contributed by atoms with Gasteiger partial charge >= 0.3 is 0 Å². The molecule has 1 rings (SSSR count). The Balaban J connectivity index is 1.98. The highest BCUT2D eigenvalue weighted by Crippen LogP contribution is 2.26. The maximum Gasteiger partial charge on any atom is 0.0474 e. The van der Waals surface area contributed by atoms with Crippen LogP contribution in [0.2, 0.25) is 0 Å². The van der Waals surface area contributed by atoms with Gasteiger partial charge in [-0.15, -0.1) is 0 Å². The molecule has 84 valence electrons. The average molecular weight is 217 g/mol. The number of methoxy groups -OCH3 is 1. The van der Waals surface area contributed by atoms with Crippen LogP contribution in [0.4, 0.5) is 0 Å². The Hall–Kier alpha value is 0.270. The Kier molecular flexibility index (Phi) is 6.65. The highest BCUT2D eigenvalue weighted by molar-refractivity contribution is 7.99. The lowest BCUT2D eigenvalue weighted by Gasteiger charge is -2.28. The van der Waals surface area contributed by atoms with Gasteiger partial charge in [-0.25, -0.2) is 0 Å². The summed E-state index contributed by atoms with van der Waals surface area (Å²) in [7, 11) is 1.77. The van der Waals surface area contributed by atoms with Gasteiger partial charge in [-0.2, -0.15) is 11.8 Å². The number of rotatable bonds is 6. The van der Waals surface area contributed by atoms with Crippen LogP contribution in [0, 0.1) is 0 Å². The zero-order valence-electron chi connectivity index (χ0n) is 9.42. The number of hydrogen-bond donors (Lipinski definition) is 1. The number of hydrogen-bond acceptors (Lipinski definition) is 3. The van der Waals surface area contributed by atoms with Crippen molar-refractivity contribution in [2.45, 2.75) is 43.4 Å². The molecule has 0 amide bonds. The minimum atomic E-state index is 0.773. The summed E-state index contributed by atoms with van der Waals surface area (Å²) in [4.78, 5) is 0. The van der Waals surface area contributed by atoms with E-state index >= 15 is 0 Å². The number of ether oxygens (including phenoxy) is 1.